The fourth-order valence-electron chi connectivity index (χ4n) is 4.14. The number of rotatable bonds is 3. The molecule has 1 N–H and O–H groups in total. The van der Waals surface area contributed by atoms with Crippen molar-refractivity contribution in [3.05, 3.63) is 70.0 Å². The third-order valence-electron chi connectivity index (χ3n) is 5.58. The molecule has 0 spiro atoms. The van der Waals surface area contributed by atoms with Crippen LogP contribution in [0.2, 0.25) is 0 Å². The number of nitrogens with zero attached hydrogens (tertiary/aromatic N) is 1. The summed E-state index contributed by atoms with van der Waals surface area (Å²) in [6.45, 7) is 4.74. The summed E-state index contributed by atoms with van der Waals surface area (Å²) in [6.07, 6.45) is 1.85. The van der Waals surface area contributed by atoms with E-state index in [0.717, 1.165) is 48.2 Å². The van der Waals surface area contributed by atoms with Gasteiger partial charge in [0, 0.05) is 25.2 Å². The van der Waals surface area contributed by atoms with Crippen LogP contribution < -0.4 is 4.74 Å². The molecule has 0 radical (unpaired) electrons. The molecule has 2 aliphatic heterocycles. The molecule has 0 saturated carbocycles. The van der Waals surface area contributed by atoms with Gasteiger partial charge in [0.1, 0.15) is 18.2 Å². The average Bonchev–Trinajstić information content (AvgIpc) is 2.83. The number of carbonyl (C=O) groups is 1. The normalized spacial score (nSPS) is 16.8. The van der Waals surface area contributed by atoms with Gasteiger partial charge in [-0.15, -0.1) is 0 Å². The van der Waals surface area contributed by atoms with Crippen molar-refractivity contribution in [2.75, 3.05) is 19.6 Å². The number of hydrogen-bond donors (Lipinski definition) is 1. The van der Waals surface area contributed by atoms with Crippen LogP contribution in [-0.4, -0.2) is 35.6 Å². The Morgan fingerprint density at radius 1 is 1.14 bits per heavy atom. The summed E-state index contributed by atoms with van der Waals surface area (Å²) in [5.41, 5.74) is 6.59. The second-order valence-corrected chi connectivity index (χ2v) is 7.55. The Morgan fingerprint density at radius 2 is 1.93 bits per heavy atom. The molecule has 0 bridgehead atoms. The zero-order chi connectivity index (χ0) is 19.7. The topological polar surface area (TPSA) is 49.8 Å². The Bertz CT molecular complexity index is 941. The molecule has 4 nitrogen and oxygen atoms in total. The summed E-state index contributed by atoms with van der Waals surface area (Å²) in [5, 5.41) is 8.91. The molecule has 2 heterocycles. The summed E-state index contributed by atoms with van der Waals surface area (Å²) < 4.78 is 20.1. The van der Waals surface area contributed by atoms with Gasteiger partial charge in [0.2, 0.25) is 0 Å². The Hall–Kier alpha value is -2.66. The molecule has 1 saturated heterocycles. The van der Waals surface area contributed by atoms with Crippen LogP contribution in [0, 0.1) is 12.7 Å². The molecule has 0 aromatic heterocycles. The second kappa shape index (κ2) is 7.76. The standard InChI is InChI=1S/C23H24FNO3/c1-15-2-4-19-17(12-15)14-28-21-5-3-18(24)13-20(21)23(19)16-6-9-25(10-7-16)11-8-22(26)27/h2-5,12-13H,6-11,14H2,1H3,(H,26,27). The fourth-order valence-corrected chi connectivity index (χ4v) is 4.14. The van der Waals surface area contributed by atoms with Gasteiger partial charge in [-0.1, -0.05) is 29.3 Å². The number of likely N-dealkylation sites (tertiary alicyclic amines) is 1. The first-order chi connectivity index (χ1) is 13.5. The van der Waals surface area contributed by atoms with E-state index in [1.165, 1.54) is 17.2 Å². The van der Waals surface area contributed by atoms with Crippen LogP contribution in [0.3, 0.4) is 0 Å². The first kappa shape index (κ1) is 18.7. The van der Waals surface area contributed by atoms with Crippen molar-refractivity contribution in [2.45, 2.75) is 32.8 Å². The Kier molecular flexibility index (Phi) is 5.18. The van der Waals surface area contributed by atoms with Crippen LogP contribution in [0.25, 0.3) is 5.57 Å². The van der Waals surface area contributed by atoms with Crippen LogP contribution in [-0.2, 0) is 11.4 Å². The van der Waals surface area contributed by atoms with Crippen LogP contribution in [0.1, 0.15) is 41.5 Å². The minimum atomic E-state index is -0.765. The van der Waals surface area contributed by atoms with E-state index in [2.05, 4.69) is 30.0 Å². The number of ether oxygens (including phenoxy) is 1. The van der Waals surface area contributed by atoms with Gasteiger partial charge in [-0.3, -0.25) is 4.79 Å². The molecule has 1 fully saturated rings. The van der Waals surface area contributed by atoms with Crippen molar-refractivity contribution in [2.24, 2.45) is 0 Å². The second-order valence-electron chi connectivity index (χ2n) is 7.55. The van der Waals surface area contributed by atoms with E-state index in [0.29, 0.717) is 18.9 Å². The van der Waals surface area contributed by atoms with E-state index in [1.54, 1.807) is 12.1 Å². The molecule has 0 atom stereocenters. The first-order valence-corrected chi connectivity index (χ1v) is 9.70. The number of carboxylic acid groups (broad SMARTS) is 1. The van der Waals surface area contributed by atoms with Crippen molar-refractivity contribution in [1.29, 1.82) is 0 Å². The highest BCUT2D eigenvalue weighted by Gasteiger charge is 2.25. The molecule has 0 amide bonds. The van der Waals surface area contributed by atoms with Gasteiger partial charge in [-0.2, -0.15) is 0 Å². The molecule has 2 aromatic carbocycles. The highest BCUT2D eigenvalue weighted by Crippen LogP contribution is 2.41. The molecule has 146 valence electrons. The maximum absolute atomic E-state index is 14.1. The third kappa shape index (κ3) is 3.80. The fraction of sp³-hybridized carbons (Fsp3) is 0.348. The lowest BCUT2D eigenvalue weighted by molar-refractivity contribution is -0.137. The molecule has 0 aliphatic carbocycles. The highest BCUT2D eigenvalue weighted by atomic mass is 19.1. The van der Waals surface area contributed by atoms with E-state index in [4.69, 9.17) is 9.84 Å². The molecule has 2 aromatic rings. The number of fused-ring (bicyclic) bond motifs is 2. The van der Waals surface area contributed by atoms with Gasteiger partial charge in [-0.05, 0) is 54.7 Å². The van der Waals surface area contributed by atoms with Gasteiger partial charge in [0.25, 0.3) is 0 Å². The van der Waals surface area contributed by atoms with Gasteiger partial charge in [-0.25, -0.2) is 4.39 Å². The van der Waals surface area contributed by atoms with Crippen molar-refractivity contribution in [1.82, 2.24) is 4.90 Å². The molecule has 5 heteroatoms. The maximum Gasteiger partial charge on any atom is 0.304 e. The highest BCUT2D eigenvalue weighted by molar-refractivity contribution is 5.87. The smallest absolute Gasteiger partial charge is 0.304 e. The van der Waals surface area contributed by atoms with Crippen molar-refractivity contribution in [3.63, 3.8) is 0 Å². The van der Waals surface area contributed by atoms with E-state index in [9.17, 15) is 9.18 Å². The Labute approximate surface area is 164 Å². The van der Waals surface area contributed by atoms with Crippen LogP contribution in [0.15, 0.2) is 42.0 Å². The monoisotopic (exact) mass is 381 g/mol. The molecular weight excluding hydrogens is 357 g/mol. The number of benzene rings is 2. The number of aliphatic carboxylic acids is 1. The predicted molar refractivity (Wildman–Crippen MR) is 106 cm³/mol. The van der Waals surface area contributed by atoms with Crippen LogP contribution >= 0.6 is 0 Å². The van der Waals surface area contributed by atoms with Gasteiger partial charge < -0.3 is 14.7 Å². The summed E-state index contributed by atoms with van der Waals surface area (Å²) in [6, 6.07) is 11.1. The van der Waals surface area contributed by atoms with E-state index in [-0.39, 0.29) is 12.2 Å². The number of carboxylic acids is 1. The van der Waals surface area contributed by atoms with Crippen molar-refractivity contribution < 1.29 is 19.0 Å². The minimum Gasteiger partial charge on any atom is -0.488 e. The minimum absolute atomic E-state index is 0.163. The van der Waals surface area contributed by atoms with E-state index in [1.807, 2.05) is 0 Å². The van der Waals surface area contributed by atoms with Crippen LogP contribution in [0.4, 0.5) is 4.39 Å². The summed E-state index contributed by atoms with van der Waals surface area (Å²) >= 11 is 0. The van der Waals surface area contributed by atoms with Gasteiger partial charge >= 0.3 is 5.97 Å². The predicted octanol–water partition coefficient (Wildman–Crippen LogP) is 4.40. The summed E-state index contributed by atoms with van der Waals surface area (Å²) in [4.78, 5) is 13.0. The molecule has 4 rings (SSSR count). The van der Waals surface area contributed by atoms with Gasteiger partial charge in [0.05, 0.1) is 6.42 Å². The molecule has 0 unspecified atom stereocenters. The largest absolute Gasteiger partial charge is 0.488 e. The first-order valence-electron chi connectivity index (χ1n) is 9.70. The summed E-state index contributed by atoms with van der Waals surface area (Å²) in [5.74, 6) is -0.320. The molecule has 28 heavy (non-hydrogen) atoms. The van der Waals surface area contributed by atoms with Gasteiger partial charge in [0.15, 0.2) is 0 Å². The number of hydrogen-bond acceptors (Lipinski definition) is 3. The zero-order valence-electron chi connectivity index (χ0n) is 16.0. The van der Waals surface area contributed by atoms with Crippen LogP contribution in [0.5, 0.6) is 5.75 Å². The maximum atomic E-state index is 14.1. The molecule has 2 aliphatic rings. The Morgan fingerprint density at radius 3 is 2.68 bits per heavy atom. The van der Waals surface area contributed by atoms with E-state index >= 15 is 0 Å². The van der Waals surface area contributed by atoms with Crippen molar-refractivity contribution in [3.8, 4) is 5.75 Å². The number of piperidine rings is 1. The Balaban J connectivity index is 1.74. The molecular formula is C23H24FNO3. The SMILES string of the molecule is Cc1ccc2c(c1)COc1ccc(F)cc1C2=C1CCN(CCC(=O)O)CC1. The average molecular weight is 381 g/mol. The number of halogens is 1. The van der Waals surface area contributed by atoms with E-state index < -0.39 is 5.97 Å². The lowest BCUT2D eigenvalue weighted by Gasteiger charge is -2.30. The zero-order valence-corrected chi connectivity index (χ0v) is 16.0. The quantitative estimate of drug-likeness (QED) is 0.856. The van der Waals surface area contributed by atoms with Crippen molar-refractivity contribution >= 4 is 11.5 Å². The lowest BCUT2D eigenvalue weighted by Crippen LogP contribution is -2.33. The number of aryl methyl sites for hydroxylation is 1. The lowest BCUT2D eigenvalue weighted by atomic mass is 9.86. The third-order valence-corrected chi connectivity index (χ3v) is 5.58. The summed E-state index contributed by atoms with van der Waals surface area (Å²) in [7, 11) is 0.